The summed E-state index contributed by atoms with van der Waals surface area (Å²) in [4.78, 5) is 0. The summed E-state index contributed by atoms with van der Waals surface area (Å²) in [6.45, 7) is 3.28. The fraction of sp³-hybridized carbons (Fsp3) is 1.00. The summed E-state index contributed by atoms with van der Waals surface area (Å²) in [5.41, 5.74) is 0. The Kier molecular flexibility index (Phi) is 6.26. The summed E-state index contributed by atoms with van der Waals surface area (Å²) in [6, 6.07) is 0. The maximum atomic E-state index is 5.58. The highest BCUT2D eigenvalue weighted by atomic mass is 16.5. The Hall–Kier alpha value is -0.0400. The number of ether oxygens (including phenoxy) is 1. The number of hydrogen-bond donors (Lipinski definition) is 0. The molecule has 0 aromatic heterocycles. The topological polar surface area (TPSA) is 9.23 Å². The van der Waals surface area contributed by atoms with Gasteiger partial charge in [0.15, 0.2) is 0 Å². The van der Waals surface area contributed by atoms with E-state index in [0.29, 0.717) is 6.10 Å². The van der Waals surface area contributed by atoms with Gasteiger partial charge in [0.1, 0.15) is 0 Å². The smallest absolute Gasteiger partial charge is 0.0576 e. The molecular formula is C12H24O. The van der Waals surface area contributed by atoms with Crippen LogP contribution in [0.15, 0.2) is 0 Å². The SMILES string of the molecule is CCCCCCCCC1CCCO1. The van der Waals surface area contributed by atoms with Gasteiger partial charge in [-0.1, -0.05) is 45.4 Å². The Morgan fingerprint density at radius 2 is 1.85 bits per heavy atom. The van der Waals surface area contributed by atoms with Gasteiger partial charge in [-0.15, -0.1) is 0 Å². The molecule has 1 heterocycles. The molecule has 0 aliphatic carbocycles. The second-order valence-corrected chi connectivity index (χ2v) is 4.19. The van der Waals surface area contributed by atoms with Crippen molar-refractivity contribution in [1.29, 1.82) is 0 Å². The zero-order valence-corrected chi connectivity index (χ0v) is 9.06. The van der Waals surface area contributed by atoms with Gasteiger partial charge in [-0.3, -0.25) is 0 Å². The first-order chi connectivity index (χ1) is 6.43. The Balaban J connectivity index is 1.78. The molecule has 0 aromatic carbocycles. The van der Waals surface area contributed by atoms with Crippen LogP contribution in [0.25, 0.3) is 0 Å². The second kappa shape index (κ2) is 7.37. The van der Waals surface area contributed by atoms with Crippen molar-refractivity contribution in [2.24, 2.45) is 0 Å². The first-order valence-electron chi connectivity index (χ1n) is 6.05. The van der Waals surface area contributed by atoms with Gasteiger partial charge in [0.2, 0.25) is 0 Å². The van der Waals surface area contributed by atoms with Gasteiger partial charge in [0, 0.05) is 6.61 Å². The van der Waals surface area contributed by atoms with Crippen LogP contribution in [-0.2, 0) is 4.74 Å². The molecule has 0 bridgehead atoms. The predicted octanol–water partition coefficient (Wildman–Crippen LogP) is 3.92. The van der Waals surface area contributed by atoms with Crippen LogP contribution in [0, 0.1) is 0 Å². The molecule has 1 nitrogen and oxygen atoms in total. The molecule has 0 N–H and O–H groups in total. The molecule has 1 aliphatic rings. The van der Waals surface area contributed by atoms with Crippen LogP contribution in [0.5, 0.6) is 0 Å². The average Bonchev–Trinajstić information content (AvgIpc) is 2.63. The van der Waals surface area contributed by atoms with E-state index in [1.54, 1.807) is 0 Å². The van der Waals surface area contributed by atoms with E-state index in [2.05, 4.69) is 6.92 Å². The van der Waals surface area contributed by atoms with Crippen molar-refractivity contribution in [3.8, 4) is 0 Å². The summed E-state index contributed by atoms with van der Waals surface area (Å²) in [6.07, 6.45) is 13.0. The lowest BCUT2D eigenvalue weighted by molar-refractivity contribution is 0.102. The Morgan fingerprint density at radius 3 is 2.54 bits per heavy atom. The molecule has 0 amide bonds. The van der Waals surface area contributed by atoms with Crippen LogP contribution in [0.4, 0.5) is 0 Å². The van der Waals surface area contributed by atoms with Gasteiger partial charge >= 0.3 is 0 Å². The third-order valence-electron chi connectivity index (χ3n) is 2.90. The maximum absolute atomic E-state index is 5.58. The first-order valence-corrected chi connectivity index (χ1v) is 6.05. The van der Waals surface area contributed by atoms with Crippen molar-refractivity contribution in [3.63, 3.8) is 0 Å². The van der Waals surface area contributed by atoms with Crippen molar-refractivity contribution in [2.45, 2.75) is 70.8 Å². The molecule has 1 saturated heterocycles. The molecule has 1 fully saturated rings. The van der Waals surface area contributed by atoms with Crippen molar-refractivity contribution in [3.05, 3.63) is 0 Å². The zero-order valence-electron chi connectivity index (χ0n) is 9.06. The van der Waals surface area contributed by atoms with E-state index in [4.69, 9.17) is 4.74 Å². The molecule has 1 rings (SSSR count). The molecule has 0 radical (unpaired) electrons. The number of unbranched alkanes of at least 4 members (excludes halogenated alkanes) is 5. The number of rotatable bonds is 7. The third kappa shape index (κ3) is 5.30. The van der Waals surface area contributed by atoms with E-state index in [9.17, 15) is 0 Å². The monoisotopic (exact) mass is 184 g/mol. The summed E-state index contributed by atoms with van der Waals surface area (Å²) >= 11 is 0. The molecule has 1 aliphatic heterocycles. The lowest BCUT2D eigenvalue weighted by atomic mass is 10.1. The molecule has 1 unspecified atom stereocenters. The summed E-state index contributed by atoms with van der Waals surface area (Å²) in [5.74, 6) is 0. The van der Waals surface area contributed by atoms with Gasteiger partial charge in [-0.05, 0) is 19.3 Å². The predicted molar refractivity (Wildman–Crippen MR) is 57.0 cm³/mol. The minimum Gasteiger partial charge on any atom is -0.378 e. The van der Waals surface area contributed by atoms with Crippen LogP contribution in [0.2, 0.25) is 0 Å². The summed E-state index contributed by atoms with van der Waals surface area (Å²) < 4.78 is 5.58. The number of hydrogen-bond acceptors (Lipinski definition) is 1. The minimum absolute atomic E-state index is 0.617. The quantitative estimate of drug-likeness (QED) is 0.545. The summed E-state index contributed by atoms with van der Waals surface area (Å²) in [5, 5.41) is 0. The van der Waals surface area contributed by atoms with E-state index in [1.807, 2.05) is 0 Å². The van der Waals surface area contributed by atoms with E-state index < -0.39 is 0 Å². The Labute approximate surface area is 82.9 Å². The molecule has 1 heteroatoms. The highest BCUT2D eigenvalue weighted by molar-refractivity contribution is 4.64. The van der Waals surface area contributed by atoms with Gasteiger partial charge in [-0.2, -0.15) is 0 Å². The molecule has 78 valence electrons. The van der Waals surface area contributed by atoms with Crippen LogP contribution < -0.4 is 0 Å². The van der Waals surface area contributed by atoms with Gasteiger partial charge in [0.25, 0.3) is 0 Å². The van der Waals surface area contributed by atoms with Crippen molar-refractivity contribution in [2.75, 3.05) is 6.61 Å². The molecule has 0 aromatic rings. The van der Waals surface area contributed by atoms with Gasteiger partial charge < -0.3 is 4.74 Å². The fourth-order valence-electron chi connectivity index (χ4n) is 2.02. The second-order valence-electron chi connectivity index (χ2n) is 4.19. The zero-order chi connectivity index (χ0) is 9.36. The highest BCUT2D eigenvalue weighted by Gasteiger charge is 2.13. The standard InChI is InChI=1S/C12H24O/c1-2-3-4-5-6-7-9-12-10-8-11-13-12/h12H,2-11H2,1H3. The van der Waals surface area contributed by atoms with E-state index >= 15 is 0 Å². The Bertz CT molecular complexity index is 106. The van der Waals surface area contributed by atoms with E-state index in [1.165, 1.54) is 57.8 Å². The lowest BCUT2D eigenvalue weighted by Crippen LogP contribution is -2.03. The highest BCUT2D eigenvalue weighted by Crippen LogP contribution is 2.18. The van der Waals surface area contributed by atoms with Gasteiger partial charge in [0.05, 0.1) is 6.10 Å². The lowest BCUT2D eigenvalue weighted by Gasteiger charge is -2.08. The third-order valence-corrected chi connectivity index (χ3v) is 2.90. The fourth-order valence-corrected chi connectivity index (χ4v) is 2.02. The average molecular weight is 184 g/mol. The molecule has 1 atom stereocenters. The van der Waals surface area contributed by atoms with Crippen LogP contribution in [0.3, 0.4) is 0 Å². The first kappa shape index (κ1) is 11.0. The van der Waals surface area contributed by atoms with E-state index in [0.717, 1.165) is 6.61 Å². The molecule has 0 saturated carbocycles. The van der Waals surface area contributed by atoms with Crippen molar-refractivity contribution in [1.82, 2.24) is 0 Å². The molecular weight excluding hydrogens is 160 g/mol. The van der Waals surface area contributed by atoms with E-state index in [-0.39, 0.29) is 0 Å². The van der Waals surface area contributed by atoms with Crippen LogP contribution >= 0.6 is 0 Å². The van der Waals surface area contributed by atoms with Gasteiger partial charge in [-0.25, -0.2) is 0 Å². The van der Waals surface area contributed by atoms with Crippen molar-refractivity contribution < 1.29 is 4.74 Å². The largest absolute Gasteiger partial charge is 0.378 e. The molecule has 13 heavy (non-hydrogen) atoms. The maximum Gasteiger partial charge on any atom is 0.0576 e. The molecule has 0 spiro atoms. The summed E-state index contributed by atoms with van der Waals surface area (Å²) in [7, 11) is 0. The normalized spacial score (nSPS) is 22.4. The van der Waals surface area contributed by atoms with Crippen LogP contribution in [-0.4, -0.2) is 12.7 Å². The minimum atomic E-state index is 0.617. The van der Waals surface area contributed by atoms with Crippen LogP contribution in [0.1, 0.15) is 64.7 Å². The Morgan fingerprint density at radius 1 is 1.08 bits per heavy atom. The van der Waals surface area contributed by atoms with Crippen molar-refractivity contribution >= 4 is 0 Å².